The molecule has 0 aliphatic carbocycles. The van der Waals surface area contributed by atoms with E-state index in [2.05, 4.69) is 25.0 Å². The van der Waals surface area contributed by atoms with Gasteiger partial charge in [-0.3, -0.25) is 9.69 Å². The zero-order valence-corrected chi connectivity index (χ0v) is 13.6. The molecule has 0 bridgehead atoms. The van der Waals surface area contributed by atoms with E-state index in [1.165, 1.54) is 11.8 Å². The van der Waals surface area contributed by atoms with Crippen molar-refractivity contribution < 1.29 is 9.90 Å². The molecule has 1 fully saturated rings. The maximum absolute atomic E-state index is 12.0. The van der Waals surface area contributed by atoms with Crippen molar-refractivity contribution in [2.24, 2.45) is 0 Å². The third-order valence-electron chi connectivity index (χ3n) is 4.10. The first-order valence-electron chi connectivity index (χ1n) is 7.75. The van der Waals surface area contributed by atoms with Crippen molar-refractivity contribution in [2.45, 2.75) is 32.0 Å². The number of aliphatic hydroxyl groups is 1. The Kier molecular flexibility index (Phi) is 5.32. The highest BCUT2D eigenvalue weighted by Gasteiger charge is 2.18. The lowest BCUT2D eigenvalue weighted by molar-refractivity contribution is 0.0790. The highest BCUT2D eigenvalue weighted by atomic mass is 32.1. The lowest BCUT2D eigenvalue weighted by Crippen LogP contribution is -2.35. The molecule has 1 aromatic heterocycles. The summed E-state index contributed by atoms with van der Waals surface area (Å²) in [5, 5.41) is 12.5. The number of carbonyl (C=O) groups excluding carboxylic acids is 1. The molecular weight excluding hydrogens is 312 g/mol. The van der Waals surface area contributed by atoms with Gasteiger partial charge in [-0.2, -0.15) is 8.75 Å². The molecule has 0 radical (unpaired) electrons. The van der Waals surface area contributed by atoms with Gasteiger partial charge >= 0.3 is 0 Å². The molecule has 0 spiro atoms. The Morgan fingerprint density at radius 2 is 2.04 bits per heavy atom. The van der Waals surface area contributed by atoms with Crippen molar-refractivity contribution in [3.63, 3.8) is 0 Å². The van der Waals surface area contributed by atoms with Crippen LogP contribution >= 0.6 is 11.7 Å². The predicted octanol–water partition coefficient (Wildman–Crippen LogP) is 1.42. The summed E-state index contributed by atoms with van der Waals surface area (Å²) >= 11 is 1.03. The summed E-state index contributed by atoms with van der Waals surface area (Å²) < 4.78 is 7.78. The molecule has 122 valence electrons. The SMILES string of the molecule is O=C(NCc1ccccc1CN1CCC(O)CC1)c1cnsn1. The van der Waals surface area contributed by atoms with Gasteiger partial charge in [0.05, 0.1) is 24.0 Å². The van der Waals surface area contributed by atoms with Crippen LogP contribution in [-0.4, -0.2) is 43.9 Å². The first kappa shape index (κ1) is 16.0. The molecule has 2 aromatic rings. The average molecular weight is 332 g/mol. The lowest BCUT2D eigenvalue weighted by atomic mass is 10.0. The van der Waals surface area contributed by atoms with Crippen LogP contribution in [0.25, 0.3) is 0 Å². The van der Waals surface area contributed by atoms with Gasteiger partial charge in [-0.1, -0.05) is 24.3 Å². The standard InChI is InChI=1S/C16H20N4O2S/c21-14-5-7-20(8-6-14)11-13-4-2-1-3-12(13)9-17-16(22)15-10-18-23-19-15/h1-4,10,14,21H,5-9,11H2,(H,17,22). The van der Waals surface area contributed by atoms with Gasteiger partial charge in [-0.25, -0.2) is 0 Å². The summed E-state index contributed by atoms with van der Waals surface area (Å²) in [5.41, 5.74) is 2.67. The Balaban J connectivity index is 1.60. The minimum Gasteiger partial charge on any atom is -0.393 e. The van der Waals surface area contributed by atoms with E-state index in [0.717, 1.165) is 49.8 Å². The number of carbonyl (C=O) groups is 1. The van der Waals surface area contributed by atoms with Crippen LogP contribution in [0.2, 0.25) is 0 Å². The highest BCUT2D eigenvalue weighted by molar-refractivity contribution is 6.99. The smallest absolute Gasteiger partial charge is 0.272 e. The number of benzene rings is 1. The average Bonchev–Trinajstić information content (AvgIpc) is 3.10. The van der Waals surface area contributed by atoms with Crippen LogP contribution in [-0.2, 0) is 13.1 Å². The van der Waals surface area contributed by atoms with Gasteiger partial charge in [-0.15, -0.1) is 0 Å². The zero-order valence-electron chi connectivity index (χ0n) is 12.8. The van der Waals surface area contributed by atoms with Gasteiger partial charge in [0, 0.05) is 26.2 Å². The van der Waals surface area contributed by atoms with Crippen LogP contribution in [0.4, 0.5) is 0 Å². The van der Waals surface area contributed by atoms with Crippen molar-refractivity contribution in [1.82, 2.24) is 19.0 Å². The Bertz CT molecular complexity index is 639. The van der Waals surface area contributed by atoms with Crippen molar-refractivity contribution in [3.05, 3.63) is 47.3 Å². The Morgan fingerprint density at radius 1 is 1.30 bits per heavy atom. The number of amides is 1. The fourth-order valence-electron chi connectivity index (χ4n) is 2.73. The van der Waals surface area contributed by atoms with Gasteiger partial charge in [0.15, 0.2) is 5.69 Å². The minimum atomic E-state index is -0.199. The fraction of sp³-hybridized carbons (Fsp3) is 0.438. The van der Waals surface area contributed by atoms with Crippen LogP contribution in [0, 0.1) is 0 Å². The number of nitrogens with one attached hydrogen (secondary N) is 1. The molecule has 0 atom stereocenters. The molecule has 2 heterocycles. The van der Waals surface area contributed by atoms with Crippen LogP contribution in [0.15, 0.2) is 30.5 Å². The summed E-state index contributed by atoms with van der Waals surface area (Å²) in [6.45, 7) is 3.14. The van der Waals surface area contributed by atoms with Gasteiger partial charge in [0.25, 0.3) is 5.91 Å². The minimum absolute atomic E-state index is 0.160. The second kappa shape index (κ2) is 7.63. The summed E-state index contributed by atoms with van der Waals surface area (Å²) in [6.07, 6.45) is 2.98. The fourth-order valence-corrected chi connectivity index (χ4v) is 3.15. The summed E-state index contributed by atoms with van der Waals surface area (Å²) in [5.74, 6) is -0.199. The molecule has 0 saturated carbocycles. The van der Waals surface area contributed by atoms with Crippen LogP contribution in [0.3, 0.4) is 0 Å². The van der Waals surface area contributed by atoms with Gasteiger partial charge in [0.1, 0.15) is 0 Å². The number of piperidine rings is 1. The van der Waals surface area contributed by atoms with Gasteiger partial charge in [-0.05, 0) is 24.0 Å². The van der Waals surface area contributed by atoms with Crippen LogP contribution in [0.1, 0.15) is 34.5 Å². The number of nitrogens with zero attached hydrogens (tertiary/aromatic N) is 3. The maximum atomic E-state index is 12.0. The summed E-state index contributed by atoms with van der Waals surface area (Å²) in [7, 11) is 0. The molecule has 0 unspecified atom stereocenters. The Hall–Kier alpha value is -1.83. The molecule has 3 rings (SSSR count). The van der Waals surface area contributed by atoms with E-state index in [1.54, 1.807) is 0 Å². The van der Waals surface area contributed by atoms with Gasteiger partial charge in [0.2, 0.25) is 0 Å². The first-order chi connectivity index (χ1) is 11.2. The van der Waals surface area contributed by atoms with Crippen molar-refractivity contribution in [2.75, 3.05) is 13.1 Å². The van der Waals surface area contributed by atoms with E-state index in [1.807, 2.05) is 18.2 Å². The summed E-state index contributed by atoms with van der Waals surface area (Å²) in [4.78, 5) is 14.3. The third-order valence-corrected chi connectivity index (χ3v) is 4.58. The van der Waals surface area contributed by atoms with E-state index in [9.17, 15) is 9.90 Å². The summed E-state index contributed by atoms with van der Waals surface area (Å²) in [6, 6.07) is 8.13. The maximum Gasteiger partial charge on any atom is 0.272 e. The molecule has 6 nitrogen and oxygen atoms in total. The molecule has 1 aliphatic rings. The molecule has 1 amide bonds. The normalized spacial score (nSPS) is 16.4. The predicted molar refractivity (Wildman–Crippen MR) is 88.0 cm³/mol. The largest absolute Gasteiger partial charge is 0.393 e. The van der Waals surface area contributed by atoms with Gasteiger partial charge < -0.3 is 10.4 Å². The quantitative estimate of drug-likeness (QED) is 0.866. The van der Waals surface area contributed by atoms with E-state index >= 15 is 0 Å². The third kappa shape index (κ3) is 4.34. The molecule has 1 aliphatic heterocycles. The monoisotopic (exact) mass is 332 g/mol. The van der Waals surface area contributed by atoms with Crippen LogP contribution < -0.4 is 5.32 Å². The van der Waals surface area contributed by atoms with Crippen molar-refractivity contribution in [3.8, 4) is 0 Å². The highest BCUT2D eigenvalue weighted by Crippen LogP contribution is 2.16. The van der Waals surface area contributed by atoms with E-state index < -0.39 is 0 Å². The Morgan fingerprint density at radius 3 is 2.74 bits per heavy atom. The topological polar surface area (TPSA) is 78.4 Å². The molecular formula is C16H20N4O2S. The van der Waals surface area contributed by atoms with Crippen LogP contribution in [0.5, 0.6) is 0 Å². The van der Waals surface area contributed by atoms with E-state index in [-0.39, 0.29) is 12.0 Å². The molecule has 7 heteroatoms. The molecule has 1 aromatic carbocycles. The van der Waals surface area contributed by atoms with E-state index in [4.69, 9.17) is 0 Å². The number of likely N-dealkylation sites (tertiary alicyclic amines) is 1. The van der Waals surface area contributed by atoms with Crippen molar-refractivity contribution in [1.29, 1.82) is 0 Å². The Labute approximate surface area is 139 Å². The lowest BCUT2D eigenvalue weighted by Gasteiger charge is -2.30. The van der Waals surface area contributed by atoms with E-state index in [0.29, 0.717) is 12.2 Å². The second-order valence-electron chi connectivity index (χ2n) is 5.75. The number of hydrogen-bond acceptors (Lipinski definition) is 6. The number of aromatic nitrogens is 2. The zero-order chi connectivity index (χ0) is 16.1. The number of hydrogen-bond donors (Lipinski definition) is 2. The number of aliphatic hydroxyl groups excluding tert-OH is 1. The molecule has 2 N–H and O–H groups in total. The van der Waals surface area contributed by atoms with Crippen molar-refractivity contribution >= 4 is 17.6 Å². The number of rotatable bonds is 5. The second-order valence-corrected chi connectivity index (χ2v) is 6.31. The molecule has 23 heavy (non-hydrogen) atoms. The molecule has 1 saturated heterocycles. The first-order valence-corrected chi connectivity index (χ1v) is 8.48.